The quantitative estimate of drug-likeness (QED) is 0.751. The number of hydrogen-bond acceptors (Lipinski definition) is 5. The van der Waals surface area contributed by atoms with Crippen molar-refractivity contribution in [3.05, 3.63) is 56.1 Å². The number of halogens is 2. The number of nitrogens with zero attached hydrogens (tertiary/aromatic N) is 3. The summed E-state index contributed by atoms with van der Waals surface area (Å²) >= 11 is 0.981. The maximum atomic E-state index is 13.7. The third kappa shape index (κ3) is 3.15. The van der Waals surface area contributed by atoms with Crippen molar-refractivity contribution in [1.29, 1.82) is 0 Å². The first-order chi connectivity index (χ1) is 12.3. The Morgan fingerprint density at radius 3 is 2.73 bits per heavy atom. The molecule has 2 aromatic heterocycles. The van der Waals surface area contributed by atoms with Gasteiger partial charge in [-0.3, -0.25) is 18.7 Å². The van der Waals surface area contributed by atoms with Crippen molar-refractivity contribution in [3.8, 4) is 0 Å². The number of aromatic nitrogens is 3. The largest absolute Gasteiger partial charge is 0.332 e. The lowest BCUT2D eigenvalue weighted by Gasteiger charge is -2.14. The van der Waals surface area contributed by atoms with Gasteiger partial charge in [0.1, 0.15) is 18.2 Å². The van der Waals surface area contributed by atoms with Crippen molar-refractivity contribution >= 4 is 34.2 Å². The van der Waals surface area contributed by atoms with Crippen LogP contribution in [0.15, 0.2) is 33.2 Å². The fourth-order valence-electron chi connectivity index (χ4n) is 2.54. The topological polar surface area (TPSA) is 86.0 Å². The highest BCUT2D eigenvalue weighted by Gasteiger charge is 2.19. The van der Waals surface area contributed by atoms with Crippen molar-refractivity contribution in [2.45, 2.75) is 26.4 Å². The van der Waals surface area contributed by atoms with E-state index in [1.807, 2.05) is 0 Å². The first kappa shape index (κ1) is 17.9. The number of carbonyl (C=O) groups is 1. The summed E-state index contributed by atoms with van der Waals surface area (Å²) in [6, 6.07) is 2.22. The van der Waals surface area contributed by atoms with E-state index < -0.39 is 41.4 Å². The molecule has 1 N–H and O–H groups in total. The molecule has 7 nitrogen and oxygen atoms in total. The standard InChI is InChI=1S/C16H14F2N4O3S/c1-8(2)22-15(24)14-12(7-26-20-14)21(16(22)25)6-13(23)19-11-5-9(17)3-4-10(11)18/h3-5,7-8H,6H2,1-2H3,(H,19,23). The van der Waals surface area contributed by atoms with Crippen LogP contribution in [0, 0.1) is 11.6 Å². The molecule has 3 rings (SSSR count). The highest BCUT2D eigenvalue weighted by molar-refractivity contribution is 7.04. The van der Waals surface area contributed by atoms with Crippen molar-refractivity contribution in [2.75, 3.05) is 5.32 Å². The molecule has 0 aliphatic heterocycles. The maximum absolute atomic E-state index is 13.7. The van der Waals surface area contributed by atoms with E-state index in [9.17, 15) is 23.2 Å². The van der Waals surface area contributed by atoms with Crippen molar-refractivity contribution in [1.82, 2.24) is 13.5 Å². The number of anilines is 1. The Balaban J connectivity index is 2.02. The Labute approximate surface area is 149 Å². The van der Waals surface area contributed by atoms with Crippen LogP contribution in [0.1, 0.15) is 19.9 Å². The molecule has 0 unspecified atom stereocenters. The zero-order valence-electron chi connectivity index (χ0n) is 13.8. The van der Waals surface area contributed by atoms with E-state index in [0.717, 1.165) is 38.9 Å². The number of hydrogen-bond donors (Lipinski definition) is 1. The lowest BCUT2D eigenvalue weighted by molar-refractivity contribution is -0.116. The van der Waals surface area contributed by atoms with Gasteiger partial charge in [-0.05, 0) is 37.5 Å². The summed E-state index contributed by atoms with van der Waals surface area (Å²) in [7, 11) is 0. The second-order valence-corrected chi connectivity index (χ2v) is 6.49. The van der Waals surface area contributed by atoms with Gasteiger partial charge in [-0.1, -0.05) is 0 Å². The van der Waals surface area contributed by atoms with Gasteiger partial charge in [0.05, 0.1) is 11.2 Å². The van der Waals surface area contributed by atoms with Gasteiger partial charge in [-0.15, -0.1) is 0 Å². The van der Waals surface area contributed by atoms with E-state index in [1.54, 1.807) is 13.8 Å². The molecule has 0 radical (unpaired) electrons. The van der Waals surface area contributed by atoms with Crippen LogP contribution in [-0.2, 0) is 11.3 Å². The van der Waals surface area contributed by atoms with Crippen molar-refractivity contribution < 1.29 is 13.6 Å². The van der Waals surface area contributed by atoms with Crippen LogP contribution in [0.5, 0.6) is 0 Å². The van der Waals surface area contributed by atoms with Crippen LogP contribution in [0.3, 0.4) is 0 Å². The average Bonchev–Trinajstić information content (AvgIpc) is 3.04. The fraction of sp³-hybridized carbons (Fsp3) is 0.250. The number of rotatable bonds is 4. The van der Waals surface area contributed by atoms with Crippen molar-refractivity contribution in [3.63, 3.8) is 0 Å². The van der Waals surface area contributed by atoms with E-state index >= 15 is 0 Å². The molecule has 0 spiro atoms. The molecule has 0 aliphatic carbocycles. The molecule has 3 aromatic rings. The highest BCUT2D eigenvalue weighted by Crippen LogP contribution is 2.16. The SMILES string of the molecule is CC(C)n1c(=O)c2nscc2n(CC(=O)Nc2cc(F)ccc2F)c1=O. The molecule has 0 saturated heterocycles. The molecule has 1 amide bonds. The van der Waals surface area contributed by atoms with Crippen LogP contribution in [0.4, 0.5) is 14.5 Å². The van der Waals surface area contributed by atoms with Gasteiger partial charge < -0.3 is 5.32 Å². The number of carbonyl (C=O) groups excluding carboxylic acids is 1. The average molecular weight is 380 g/mol. The van der Waals surface area contributed by atoms with E-state index in [-0.39, 0.29) is 16.7 Å². The second-order valence-electron chi connectivity index (χ2n) is 5.86. The predicted octanol–water partition coefficient (Wildman–Crippen LogP) is 2.12. The monoisotopic (exact) mass is 380 g/mol. The Morgan fingerprint density at radius 2 is 2.04 bits per heavy atom. The molecule has 26 heavy (non-hydrogen) atoms. The fourth-order valence-corrected chi connectivity index (χ4v) is 3.21. The third-order valence-corrected chi connectivity index (χ3v) is 4.34. The minimum atomic E-state index is -0.804. The number of amides is 1. The Bertz CT molecular complexity index is 1120. The molecule has 136 valence electrons. The molecular formula is C16H14F2N4O3S. The normalized spacial score (nSPS) is 11.3. The minimum absolute atomic E-state index is 0.0769. The van der Waals surface area contributed by atoms with Gasteiger partial charge in [0.25, 0.3) is 5.56 Å². The van der Waals surface area contributed by atoms with E-state index in [0.29, 0.717) is 0 Å². The minimum Gasteiger partial charge on any atom is -0.322 e. The van der Waals surface area contributed by atoms with Gasteiger partial charge >= 0.3 is 5.69 Å². The summed E-state index contributed by atoms with van der Waals surface area (Å²) in [6.45, 7) is 2.85. The van der Waals surface area contributed by atoms with E-state index in [1.165, 1.54) is 5.38 Å². The zero-order valence-corrected chi connectivity index (χ0v) is 14.6. The summed E-state index contributed by atoms with van der Waals surface area (Å²) in [5.74, 6) is -2.25. The summed E-state index contributed by atoms with van der Waals surface area (Å²) in [5.41, 5.74) is -1.24. The van der Waals surface area contributed by atoms with Crippen LogP contribution >= 0.6 is 11.5 Å². The van der Waals surface area contributed by atoms with Gasteiger partial charge in [-0.2, -0.15) is 4.37 Å². The maximum Gasteiger partial charge on any atom is 0.332 e. The van der Waals surface area contributed by atoms with Crippen LogP contribution in [-0.4, -0.2) is 19.4 Å². The molecule has 0 fully saturated rings. The second kappa shape index (κ2) is 6.79. The third-order valence-electron chi connectivity index (χ3n) is 3.72. The first-order valence-corrected chi connectivity index (χ1v) is 8.47. The van der Waals surface area contributed by atoms with Gasteiger partial charge in [0.15, 0.2) is 5.52 Å². The summed E-state index contributed by atoms with van der Waals surface area (Å²) in [6.07, 6.45) is 0. The number of benzene rings is 1. The van der Waals surface area contributed by atoms with Crippen LogP contribution in [0.2, 0.25) is 0 Å². The van der Waals surface area contributed by atoms with Crippen LogP contribution < -0.4 is 16.6 Å². The Kier molecular flexibility index (Phi) is 4.68. The van der Waals surface area contributed by atoms with Crippen LogP contribution in [0.25, 0.3) is 11.0 Å². The number of nitrogens with one attached hydrogen (secondary N) is 1. The van der Waals surface area contributed by atoms with Crippen molar-refractivity contribution in [2.24, 2.45) is 0 Å². The predicted molar refractivity (Wildman–Crippen MR) is 93.5 cm³/mol. The highest BCUT2D eigenvalue weighted by atomic mass is 32.1. The lowest BCUT2D eigenvalue weighted by Crippen LogP contribution is -2.42. The molecule has 0 saturated carbocycles. The van der Waals surface area contributed by atoms with E-state index in [4.69, 9.17) is 0 Å². The Morgan fingerprint density at radius 1 is 1.31 bits per heavy atom. The smallest absolute Gasteiger partial charge is 0.322 e. The molecule has 0 atom stereocenters. The summed E-state index contributed by atoms with van der Waals surface area (Å²) in [4.78, 5) is 37.3. The molecule has 10 heteroatoms. The number of fused-ring (bicyclic) bond motifs is 1. The molecule has 1 aromatic carbocycles. The van der Waals surface area contributed by atoms with Gasteiger partial charge in [0, 0.05) is 17.5 Å². The molecule has 2 heterocycles. The van der Waals surface area contributed by atoms with Gasteiger partial charge in [0.2, 0.25) is 5.91 Å². The van der Waals surface area contributed by atoms with Gasteiger partial charge in [-0.25, -0.2) is 13.6 Å². The molecule has 0 bridgehead atoms. The lowest BCUT2D eigenvalue weighted by atomic mass is 10.3. The van der Waals surface area contributed by atoms with E-state index in [2.05, 4.69) is 9.69 Å². The summed E-state index contributed by atoms with van der Waals surface area (Å²) in [5, 5.41) is 3.71. The first-order valence-electron chi connectivity index (χ1n) is 7.64. The summed E-state index contributed by atoms with van der Waals surface area (Å²) < 4.78 is 33.0. The Hall–Kier alpha value is -2.88. The molecular weight excluding hydrogens is 366 g/mol. The zero-order chi connectivity index (χ0) is 19.0. The molecule has 0 aliphatic rings.